The molecule has 12 heavy (non-hydrogen) atoms. The van der Waals surface area contributed by atoms with Gasteiger partial charge in [-0.05, 0) is 24.8 Å². The highest BCUT2D eigenvalue weighted by molar-refractivity contribution is 5.87. The summed E-state index contributed by atoms with van der Waals surface area (Å²) in [5, 5.41) is 0. The summed E-state index contributed by atoms with van der Waals surface area (Å²) in [6, 6.07) is 0. The average Bonchev–Trinajstić information content (AvgIpc) is 1.97. The van der Waals surface area contributed by atoms with Crippen molar-refractivity contribution in [2.75, 3.05) is 0 Å². The normalized spacial score (nSPS) is 14.8. The molecule has 0 amide bonds. The Hall–Kier alpha value is -0.850. The van der Waals surface area contributed by atoms with E-state index < -0.39 is 0 Å². The highest BCUT2D eigenvalue weighted by Crippen LogP contribution is 2.15. The lowest BCUT2D eigenvalue weighted by Crippen LogP contribution is -2.16. The lowest BCUT2D eigenvalue weighted by molar-refractivity contribution is 0.588. The standard InChI is InChI=1S/C11H19N/c1-7-9(2)8-12-10(3)11(4,5)6/h7-8H,1H2,2-6H3/b9-8-,12-10?. The second-order valence-electron chi connectivity index (χ2n) is 4.04. The second kappa shape index (κ2) is 4.24. The molecule has 0 atom stereocenters. The second-order valence-corrected chi connectivity index (χ2v) is 4.04. The Kier molecular flexibility index (Phi) is 3.94. The predicted molar refractivity (Wildman–Crippen MR) is 56.5 cm³/mol. The zero-order chi connectivity index (χ0) is 9.78. The number of hydrogen-bond donors (Lipinski definition) is 0. The molecule has 0 fully saturated rings. The minimum Gasteiger partial charge on any atom is -0.265 e. The molecule has 0 unspecified atom stereocenters. The van der Waals surface area contributed by atoms with Gasteiger partial charge in [-0.25, -0.2) is 0 Å². The van der Waals surface area contributed by atoms with Gasteiger partial charge in [-0.15, -0.1) is 0 Å². The van der Waals surface area contributed by atoms with Crippen molar-refractivity contribution in [2.24, 2.45) is 10.4 Å². The van der Waals surface area contributed by atoms with Crippen LogP contribution in [0, 0.1) is 5.41 Å². The fourth-order valence-electron chi connectivity index (χ4n) is 0.445. The SMILES string of the molecule is C=C/C(C)=C\N=C(C)C(C)(C)C. The van der Waals surface area contributed by atoms with Gasteiger partial charge in [0.05, 0.1) is 0 Å². The van der Waals surface area contributed by atoms with Gasteiger partial charge in [-0.1, -0.05) is 33.4 Å². The van der Waals surface area contributed by atoms with E-state index in [9.17, 15) is 0 Å². The Labute approximate surface area is 75.9 Å². The first-order valence-electron chi connectivity index (χ1n) is 4.22. The van der Waals surface area contributed by atoms with Crippen LogP contribution < -0.4 is 0 Å². The fraction of sp³-hybridized carbons (Fsp3) is 0.545. The minimum atomic E-state index is 0.165. The molecule has 1 nitrogen and oxygen atoms in total. The van der Waals surface area contributed by atoms with Crippen molar-refractivity contribution >= 4 is 5.71 Å². The third-order valence-electron chi connectivity index (χ3n) is 1.87. The highest BCUT2D eigenvalue weighted by atomic mass is 14.7. The Morgan fingerprint density at radius 3 is 2.08 bits per heavy atom. The molecule has 68 valence electrons. The van der Waals surface area contributed by atoms with Gasteiger partial charge in [0.15, 0.2) is 0 Å². The Balaban J connectivity index is 4.49. The molecular weight excluding hydrogens is 146 g/mol. The number of nitrogens with zero attached hydrogens (tertiary/aromatic N) is 1. The van der Waals surface area contributed by atoms with E-state index in [1.165, 1.54) is 0 Å². The van der Waals surface area contributed by atoms with Crippen LogP contribution in [0.1, 0.15) is 34.6 Å². The smallest absolute Gasteiger partial charge is 0.0296 e. The molecule has 0 radical (unpaired) electrons. The van der Waals surface area contributed by atoms with Crippen molar-refractivity contribution < 1.29 is 0 Å². The molecule has 1 heteroatoms. The maximum Gasteiger partial charge on any atom is 0.0296 e. The quantitative estimate of drug-likeness (QED) is 0.438. The summed E-state index contributed by atoms with van der Waals surface area (Å²) in [6.07, 6.45) is 3.66. The summed E-state index contributed by atoms with van der Waals surface area (Å²) >= 11 is 0. The average molecular weight is 165 g/mol. The largest absolute Gasteiger partial charge is 0.265 e. The molecule has 0 aromatic carbocycles. The van der Waals surface area contributed by atoms with Gasteiger partial charge in [-0.3, -0.25) is 4.99 Å². The van der Waals surface area contributed by atoms with Gasteiger partial charge in [0.2, 0.25) is 0 Å². The first-order valence-corrected chi connectivity index (χ1v) is 4.22. The minimum absolute atomic E-state index is 0.165. The molecule has 0 aromatic rings. The van der Waals surface area contributed by atoms with Gasteiger partial charge in [0.25, 0.3) is 0 Å². The van der Waals surface area contributed by atoms with Gasteiger partial charge in [0.1, 0.15) is 0 Å². The fourth-order valence-corrected chi connectivity index (χ4v) is 0.445. The third-order valence-corrected chi connectivity index (χ3v) is 1.87. The van der Waals surface area contributed by atoms with E-state index >= 15 is 0 Å². The van der Waals surface area contributed by atoms with Crippen LogP contribution in [0.2, 0.25) is 0 Å². The first kappa shape index (κ1) is 11.2. The third kappa shape index (κ3) is 4.12. The van der Waals surface area contributed by atoms with Gasteiger partial charge in [0, 0.05) is 11.9 Å². The summed E-state index contributed by atoms with van der Waals surface area (Å²) < 4.78 is 0. The van der Waals surface area contributed by atoms with Gasteiger partial charge < -0.3 is 0 Å². The molecule has 0 saturated heterocycles. The van der Waals surface area contributed by atoms with Crippen LogP contribution >= 0.6 is 0 Å². The van der Waals surface area contributed by atoms with Crippen LogP contribution in [0.25, 0.3) is 0 Å². The van der Waals surface area contributed by atoms with Crippen molar-refractivity contribution in [1.29, 1.82) is 0 Å². The zero-order valence-corrected chi connectivity index (χ0v) is 8.81. The summed E-state index contributed by atoms with van der Waals surface area (Å²) in [4.78, 5) is 4.35. The Bertz CT molecular complexity index is 214. The molecule has 0 aliphatic rings. The molecule has 0 rings (SSSR count). The van der Waals surface area contributed by atoms with E-state index in [4.69, 9.17) is 0 Å². The van der Waals surface area contributed by atoms with Crippen LogP contribution in [0.15, 0.2) is 29.4 Å². The monoisotopic (exact) mass is 165 g/mol. The zero-order valence-electron chi connectivity index (χ0n) is 8.81. The first-order chi connectivity index (χ1) is 5.38. The molecule has 0 heterocycles. The van der Waals surface area contributed by atoms with Crippen LogP contribution in [0.4, 0.5) is 0 Å². The lowest BCUT2D eigenvalue weighted by atomic mass is 9.91. The van der Waals surface area contributed by atoms with Crippen molar-refractivity contribution in [1.82, 2.24) is 0 Å². The van der Waals surface area contributed by atoms with E-state index in [0.29, 0.717) is 0 Å². The molecular formula is C11H19N. The Morgan fingerprint density at radius 2 is 1.75 bits per heavy atom. The van der Waals surface area contributed by atoms with E-state index in [-0.39, 0.29) is 5.41 Å². The molecule has 0 N–H and O–H groups in total. The number of rotatable bonds is 2. The maximum absolute atomic E-state index is 4.35. The summed E-state index contributed by atoms with van der Waals surface area (Å²) in [7, 11) is 0. The molecule has 0 bridgehead atoms. The summed E-state index contributed by atoms with van der Waals surface area (Å²) in [5.41, 5.74) is 2.40. The maximum atomic E-state index is 4.35. The van der Waals surface area contributed by atoms with Crippen molar-refractivity contribution in [3.05, 3.63) is 24.4 Å². The topological polar surface area (TPSA) is 12.4 Å². The number of hydrogen-bond acceptors (Lipinski definition) is 1. The molecule has 0 spiro atoms. The van der Waals surface area contributed by atoms with Crippen molar-refractivity contribution in [3.8, 4) is 0 Å². The Morgan fingerprint density at radius 1 is 1.25 bits per heavy atom. The lowest BCUT2D eigenvalue weighted by Gasteiger charge is -2.16. The van der Waals surface area contributed by atoms with Crippen molar-refractivity contribution in [3.63, 3.8) is 0 Å². The number of allylic oxidation sites excluding steroid dienone is 2. The van der Waals surface area contributed by atoms with E-state index in [1.807, 2.05) is 20.0 Å². The van der Waals surface area contributed by atoms with E-state index in [2.05, 4.69) is 32.3 Å². The summed E-state index contributed by atoms with van der Waals surface area (Å²) in [6.45, 7) is 14.2. The van der Waals surface area contributed by atoms with Gasteiger partial charge in [-0.2, -0.15) is 0 Å². The molecule has 0 saturated carbocycles. The number of aliphatic imine (C=N–C) groups is 1. The van der Waals surface area contributed by atoms with Crippen LogP contribution in [0.3, 0.4) is 0 Å². The molecule has 0 aliphatic heterocycles. The predicted octanol–water partition coefficient (Wildman–Crippen LogP) is 3.58. The van der Waals surface area contributed by atoms with Crippen LogP contribution in [-0.2, 0) is 0 Å². The summed E-state index contributed by atoms with van der Waals surface area (Å²) in [5.74, 6) is 0. The molecule has 0 aromatic heterocycles. The highest BCUT2D eigenvalue weighted by Gasteiger charge is 2.12. The van der Waals surface area contributed by atoms with E-state index in [1.54, 1.807) is 6.08 Å². The van der Waals surface area contributed by atoms with Crippen LogP contribution in [0.5, 0.6) is 0 Å². The van der Waals surface area contributed by atoms with Crippen molar-refractivity contribution in [2.45, 2.75) is 34.6 Å². The molecule has 0 aliphatic carbocycles. The van der Waals surface area contributed by atoms with Gasteiger partial charge >= 0.3 is 0 Å². The van der Waals surface area contributed by atoms with Crippen LogP contribution in [-0.4, -0.2) is 5.71 Å². The van der Waals surface area contributed by atoms with E-state index in [0.717, 1.165) is 11.3 Å².